The number of fused-ring (bicyclic) bond motifs is 3. The van der Waals surface area contributed by atoms with Crippen LogP contribution in [0.1, 0.15) is 63.1 Å². The zero-order valence-corrected chi connectivity index (χ0v) is 14.7. The number of hydrogen-bond acceptors (Lipinski definition) is 8. The van der Waals surface area contributed by atoms with Gasteiger partial charge < -0.3 is 30.0 Å². The monoisotopic (exact) mass is 383 g/mol. The predicted octanol–water partition coefficient (Wildman–Crippen LogP) is 1.11. The van der Waals surface area contributed by atoms with Crippen molar-refractivity contribution in [2.75, 3.05) is 0 Å². The van der Waals surface area contributed by atoms with E-state index in [9.17, 15) is 34.8 Å². The minimum absolute atomic E-state index is 0.0150. The summed E-state index contributed by atoms with van der Waals surface area (Å²) >= 11 is 0. The number of carbonyl (C=O) groups is 3. The molecular weight excluding hydrogens is 368 g/mol. The van der Waals surface area contributed by atoms with Gasteiger partial charge in [-0.2, -0.15) is 0 Å². The number of ether oxygens (including phenoxy) is 1. The molecule has 1 aliphatic heterocycles. The van der Waals surface area contributed by atoms with Crippen LogP contribution >= 0.6 is 0 Å². The second-order valence-corrected chi connectivity index (χ2v) is 6.94. The smallest absolute Gasteiger partial charge is 0.204 e. The van der Waals surface area contributed by atoms with E-state index in [1.54, 1.807) is 0 Å². The molecule has 0 saturated carbocycles. The summed E-state index contributed by atoms with van der Waals surface area (Å²) in [7, 11) is 0. The molecule has 2 aliphatic rings. The average Bonchev–Trinajstić information content (AvgIpc) is 2.92. The Kier molecular flexibility index (Phi) is 3.90. The molecule has 1 heterocycles. The molecule has 2 atom stereocenters. The van der Waals surface area contributed by atoms with Gasteiger partial charge in [-0.3, -0.25) is 9.59 Å². The summed E-state index contributed by atoms with van der Waals surface area (Å²) in [5, 5.41) is 42.9. The second kappa shape index (κ2) is 6.07. The van der Waals surface area contributed by atoms with Gasteiger partial charge in [0.2, 0.25) is 6.29 Å². The lowest BCUT2D eigenvalue weighted by Gasteiger charge is -2.26. The van der Waals surface area contributed by atoms with Gasteiger partial charge >= 0.3 is 0 Å². The van der Waals surface area contributed by atoms with Gasteiger partial charge in [0.1, 0.15) is 23.0 Å². The molecule has 144 valence electrons. The van der Waals surface area contributed by atoms with Gasteiger partial charge in [-0.15, -0.1) is 0 Å². The van der Waals surface area contributed by atoms with Crippen molar-refractivity contribution in [2.24, 2.45) is 0 Å². The Morgan fingerprint density at radius 2 is 1.79 bits per heavy atom. The molecular formula is C20H15O8-. The minimum Gasteiger partial charge on any atom is -0.872 e. The van der Waals surface area contributed by atoms with Crippen molar-refractivity contribution in [2.45, 2.75) is 32.0 Å². The molecule has 2 aromatic rings. The highest BCUT2D eigenvalue weighted by molar-refractivity contribution is 6.30. The first-order valence-corrected chi connectivity index (χ1v) is 8.58. The molecule has 4 rings (SSSR count). The fraction of sp³-hybridized carbons (Fsp3) is 0.250. The van der Waals surface area contributed by atoms with E-state index in [-0.39, 0.29) is 46.6 Å². The summed E-state index contributed by atoms with van der Waals surface area (Å²) in [6.45, 7) is 1.38. The number of hydrogen-bond donors (Lipinski definition) is 3. The number of ketones is 3. The third-order valence-corrected chi connectivity index (χ3v) is 5.10. The Balaban J connectivity index is 1.90. The second-order valence-electron chi connectivity index (χ2n) is 6.94. The molecule has 0 amide bonds. The number of aliphatic hydroxyl groups excluding tert-OH is 1. The van der Waals surface area contributed by atoms with Crippen LogP contribution in [0.4, 0.5) is 0 Å². The molecule has 0 unspecified atom stereocenters. The van der Waals surface area contributed by atoms with E-state index in [2.05, 4.69) is 0 Å². The SMILES string of the molecule is CC(=O)CC[C@H]1c2c(cc3c(c2[O-])C(=O)c2c(O)cc(O)cc2C3=O)O[C@@H]1O. The highest BCUT2D eigenvalue weighted by atomic mass is 16.6. The van der Waals surface area contributed by atoms with Crippen molar-refractivity contribution in [1.82, 2.24) is 0 Å². The van der Waals surface area contributed by atoms with Crippen molar-refractivity contribution in [3.8, 4) is 23.0 Å². The summed E-state index contributed by atoms with van der Waals surface area (Å²) in [4.78, 5) is 37.0. The van der Waals surface area contributed by atoms with Gasteiger partial charge in [0, 0.05) is 35.1 Å². The van der Waals surface area contributed by atoms with Crippen LogP contribution in [0.2, 0.25) is 0 Å². The molecule has 1 aliphatic carbocycles. The summed E-state index contributed by atoms with van der Waals surface area (Å²) in [6, 6.07) is 3.17. The molecule has 0 radical (unpaired) electrons. The molecule has 0 aromatic heterocycles. The van der Waals surface area contributed by atoms with Crippen LogP contribution in [0.3, 0.4) is 0 Å². The maximum atomic E-state index is 13.1. The topological polar surface area (TPSA) is 144 Å². The summed E-state index contributed by atoms with van der Waals surface area (Å²) in [5.41, 5.74) is -1.17. The maximum absolute atomic E-state index is 13.1. The normalized spacial score (nSPS) is 19.6. The van der Waals surface area contributed by atoms with Crippen LogP contribution < -0.4 is 9.84 Å². The van der Waals surface area contributed by atoms with Crippen molar-refractivity contribution >= 4 is 17.3 Å². The first-order chi connectivity index (χ1) is 13.2. The largest absolute Gasteiger partial charge is 0.872 e. The lowest BCUT2D eigenvalue weighted by Crippen LogP contribution is -2.24. The molecule has 0 bridgehead atoms. The zero-order valence-electron chi connectivity index (χ0n) is 14.7. The molecule has 0 saturated heterocycles. The Hall–Kier alpha value is -3.39. The van der Waals surface area contributed by atoms with Gasteiger partial charge in [0.05, 0.1) is 5.56 Å². The van der Waals surface area contributed by atoms with E-state index >= 15 is 0 Å². The van der Waals surface area contributed by atoms with E-state index < -0.39 is 46.6 Å². The lowest BCUT2D eigenvalue weighted by molar-refractivity contribution is -0.270. The molecule has 0 spiro atoms. The van der Waals surface area contributed by atoms with Gasteiger partial charge in [-0.25, -0.2) is 0 Å². The van der Waals surface area contributed by atoms with Crippen LogP contribution in [0.25, 0.3) is 0 Å². The van der Waals surface area contributed by atoms with Gasteiger partial charge in [0.25, 0.3) is 0 Å². The van der Waals surface area contributed by atoms with Crippen molar-refractivity contribution in [3.63, 3.8) is 0 Å². The Morgan fingerprint density at radius 3 is 2.46 bits per heavy atom. The zero-order chi connectivity index (χ0) is 20.3. The molecule has 2 aromatic carbocycles. The first-order valence-electron chi connectivity index (χ1n) is 8.58. The highest BCUT2D eigenvalue weighted by Gasteiger charge is 2.40. The summed E-state index contributed by atoms with van der Waals surface area (Å²) in [6.07, 6.45) is -1.12. The van der Waals surface area contributed by atoms with E-state index in [0.29, 0.717) is 0 Å². The number of carbonyl (C=O) groups excluding carboxylic acids is 3. The molecule has 8 nitrogen and oxygen atoms in total. The Bertz CT molecular complexity index is 1070. The van der Waals surface area contributed by atoms with E-state index in [1.165, 1.54) is 13.0 Å². The summed E-state index contributed by atoms with van der Waals surface area (Å²) < 4.78 is 5.30. The maximum Gasteiger partial charge on any atom is 0.204 e. The van der Waals surface area contributed by atoms with Gasteiger partial charge in [-0.1, -0.05) is 5.75 Å². The molecule has 28 heavy (non-hydrogen) atoms. The average molecular weight is 383 g/mol. The molecule has 3 N–H and O–H groups in total. The Morgan fingerprint density at radius 1 is 1.11 bits per heavy atom. The number of aliphatic hydroxyl groups is 1. The number of Topliss-reactive ketones (excluding diaryl/α,β-unsaturated/α-hetero) is 1. The number of benzene rings is 2. The van der Waals surface area contributed by atoms with Crippen LogP contribution in [0, 0.1) is 0 Å². The highest BCUT2D eigenvalue weighted by Crippen LogP contribution is 2.49. The van der Waals surface area contributed by atoms with E-state index in [1.807, 2.05) is 0 Å². The quantitative estimate of drug-likeness (QED) is 0.610. The van der Waals surface area contributed by atoms with E-state index in [0.717, 1.165) is 12.1 Å². The van der Waals surface area contributed by atoms with Crippen molar-refractivity contribution in [1.29, 1.82) is 0 Å². The first kappa shape index (κ1) is 18.0. The standard InChI is InChI=1S/C20H16O8/c1-7(21)2-3-9-15-13(28-20(9)27)6-11-16(19(15)26)18(25)14-10(17(11)24)4-8(22)5-12(14)23/h4-6,9,20,22-23,26-27H,2-3H2,1H3/p-1/t9-,20-/m0/s1. The van der Waals surface area contributed by atoms with Crippen LogP contribution in [-0.2, 0) is 4.79 Å². The lowest BCUT2D eigenvalue weighted by atomic mass is 9.80. The van der Waals surface area contributed by atoms with Crippen LogP contribution in [0.15, 0.2) is 18.2 Å². The molecule has 8 heteroatoms. The van der Waals surface area contributed by atoms with Gasteiger partial charge in [0.15, 0.2) is 11.6 Å². The van der Waals surface area contributed by atoms with E-state index in [4.69, 9.17) is 4.74 Å². The number of phenols is 2. The minimum atomic E-state index is -1.38. The number of phenolic OH excluding ortho intramolecular Hbond substituents is 2. The van der Waals surface area contributed by atoms with Crippen molar-refractivity contribution in [3.05, 3.63) is 46.0 Å². The third kappa shape index (κ3) is 2.45. The predicted molar refractivity (Wildman–Crippen MR) is 91.8 cm³/mol. The van der Waals surface area contributed by atoms with Crippen LogP contribution in [-0.4, -0.2) is 39.0 Å². The number of aromatic hydroxyl groups is 2. The fourth-order valence-corrected chi connectivity index (χ4v) is 3.80. The van der Waals surface area contributed by atoms with Crippen LogP contribution in [0.5, 0.6) is 23.0 Å². The Labute approximate surface area is 158 Å². The third-order valence-electron chi connectivity index (χ3n) is 5.10. The molecule has 0 fully saturated rings. The fourth-order valence-electron chi connectivity index (χ4n) is 3.80. The number of rotatable bonds is 3. The van der Waals surface area contributed by atoms with Gasteiger partial charge in [-0.05, 0) is 31.0 Å². The van der Waals surface area contributed by atoms with Crippen molar-refractivity contribution < 1.29 is 39.5 Å². The summed E-state index contributed by atoms with van der Waals surface area (Å²) in [5.74, 6) is -4.30.